The lowest BCUT2D eigenvalue weighted by atomic mass is 9.95. The van der Waals surface area contributed by atoms with Gasteiger partial charge in [-0.1, -0.05) is 74.5 Å². The summed E-state index contributed by atoms with van der Waals surface area (Å²) in [5.41, 5.74) is 6.95. The highest BCUT2D eigenvalue weighted by Crippen LogP contribution is 2.40. The number of halogens is 1. The van der Waals surface area contributed by atoms with Gasteiger partial charge in [0.2, 0.25) is 5.13 Å². The molecule has 0 fully saturated rings. The summed E-state index contributed by atoms with van der Waals surface area (Å²) in [7, 11) is 0. The van der Waals surface area contributed by atoms with Gasteiger partial charge < -0.3 is 0 Å². The van der Waals surface area contributed by atoms with Gasteiger partial charge in [0.05, 0.1) is 34.3 Å². The molecule has 2 aliphatic rings. The van der Waals surface area contributed by atoms with E-state index >= 15 is 0 Å². The van der Waals surface area contributed by atoms with Crippen LogP contribution in [0, 0.1) is 5.82 Å². The first-order valence-electron chi connectivity index (χ1n) is 14.1. The normalized spacial score (nSPS) is 16.3. The largest absolute Gasteiger partial charge is 0.268 e. The average molecular weight is 587 g/mol. The van der Waals surface area contributed by atoms with E-state index in [0.29, 0.717) is 29.2 Å². The highest BCUT2D eigenvalue weighted by molar-refractivity contribution is 7.14. The van der Waals surface area contributed by atoms with Crippen LogP contribution in [0.1, 0.15) is 69.6 Å². The number of aromatic nitrogens is 1. The lowest BCUT2D eigenvalue weighted by molar-refractivity contribution is 0.0926. The summed E-state index contributed by atoms with van der Waals surface area (Å²) in [4.78, 5) is 32.3. The fraction of sp³-hybridized carbons (Fsp3) is 0.143. The predicted octanol–water partition coefficient (Wildman–Crippen LogP) is 8.23. The molecule has 2 amide bonds. The van der Waals surface area contributed by atoms with E-state index in [1.165, 1.54) is 33.9 Å². The molecule has 0 spiro atoms. The van der Waals surface area contributed by atoms with Gasteiger partial charge >= 0.3 is 0 Å². The van der Waals surface area contributed by atoms with Crippen molar-refractivity contribution in [2.45, 2.75) is 32.2 Å². The van der Waals surface area contributed by atoms with E-state index in [1.54, 1.807) is 42.5 Å². The second-order valence-electron chi connectivity index (χ2n) is 11.0. The van der Waals surface area contributed by atoms with Crippen LogP contribution in [-0.4, -0.2) is 22.5 Å². The first kappa shape index (κ1) is 26.9. The molecule has 0 saturated carbocycles. The summed E-state index contributed by atoms with van der Waals surface area (Å²) < 4.78 is 13.7. The van der Waals surface area contributed by atoms with Gasteiger partial charge in [0.15, 0.2) is 0 Å². The van der Waals surface area contributed by atoms with Crippen molar-refractivity contribution in [3.8, 4) is 11.3 Å². The van der Waals surface area contributed by atoms with Gasteiger partial charge in [0.25, 0.3) is 11.8 Å². The van der Waals surface area contributed by atoms with E-state index in [0.717, 1.165) is 33.2 Å². The lowest BCUT2D eigenvalue weighted by Gasteiger charge is -2.21. The zero-order valence-electron chi connectivity index (χ0n) is 23.6. The number of carbonyl (C=O) groups is 2. The molecular formula is C35H27FN4O2S. The van der Waals surface area contributed by atoms with Crippen LogP contribution < -0.4 is 9.91 Å². The van der Waals surface area contributed by atoms with Crippen molar-refractivity contribution in [2.75, 3.05) is 9.91 Å². The molecule has 1 atom stereocenters. The summed E-state index contributed by atoms with van der Waals surface area (Å²) in [5, 5.41) is 9.61. The predicted molar refractivity (Wildman–Crippen MR) is 168 cm³/mol. The lowest BCUT2D eigenvalue weighted by Crippen LogP contribution is -2.29. The van der Waals surface area contributed by atoms with Gasteiger partial charge in [-0.25, -0.2) is 19.3 Å². The molecule has 0 bridgehead atoms. The van der Waals surface area contributed by atoms with Crippen molar-refractivity contribution in [3.05, 3.63) is 136 Å². The van der Waals surface area contributed by atoms with Crippen molar-refractivity contribution in [1.29, 1.82) is 0 Å². The highest BCUT2D eigenvalue weighted by atomic mass is 32.1. The van der Waals surface area contributed by atoms with E-state index < -0.39 is 0 Å². The Morgan fingerprint density at radius 2 is 1.53 bits per heavy atom. The molecule has 2 aliphatic heterocycles. The second-order valence-corrected chi connectivity index (χ2v) is 11.8. The monoisotopic (exact) mass is 586 g/mol. The van der Waals surface area contributed by atoms with Crippen molar-refractivity contribution < 1.29 is 14.0 Å². The molecule has 3 heterocycles. The number of rotatable bonds is 6. The average Bonchev–Trinajstić information content (AvgIpc) is 3.75. The topological polar surface area (TPSA) is 65.9 Å². The molecule has 0 N–H and O–H groups in total. The Morgan fingerprint density at radius 3 is 2.21 bits per heavy atom. The number of nitrogens with zero attached hydrogens (tertiary/aromatic N) is 4. The Labute approximate surface area is 252 Å². The quantitative estimate of drug-likeness (QED) is 0.188. The number of anilines is 2. The zero-order chi connectivity index (χ0) is 29.7. The molecule has 0 radical (unpaired) electrons. The van der Waals surface area contributed by atoms with E-state index in [-0.39, 0.29) is 23.7 Å². The fourth-order valence-electron chi connectivity index (χ4n) is 5.60. The molecule has 4 aromatic carbocycles. The molecule has 8 heteroatoms. The van der Waals surface area contributed by atoms with Gasteiger partial charge in [-0.2, -0.15) is 5.10 Å². The Morgan fingerprint density at radius 1 is 0.837 bits per heavy atom. The number of fused-ring (bicyclic) bond motifs is 1. The van der Waals surface area contributed by atoms with Crippen LogP contribution >= 0.6 is 11.3 Å². The smallest absolute Gasteiger partial charge is 0.266 e. The minimum absolute atomic E-state index is 0.0788. The third-order valence-electron chi connectivity index (χ3n) is 7.96. The number of hydrogen-bond donors (Lipinski definition) is 0. The van der Waals surface area contributed by atoms with Crippen molar-refractivity contribution in [1.82, 2.24) is 4.98 Å². The van der Waals surface area contributed by atoms with E-state index in [2.05, 4.69) is 38.1 Å². The maximum absolute atomic E-state index is 13.7. The van der Waals surface area contributed by atoms with Crippen molar-refractivity contribution in [2.24, 2.45) is 5.10 Å². The Bertz CT molecular complexity index is 1860. The van der Waals surface area contributed by atoms with Gasteiger partial charge in [-0.15, -0.1) is 11.3 Å². The number of imide groups is 1. The van der Waals surface area contributed by atoms with Gasteiger partial charge in [-0.3, -0.25) is 9.59 Å². The van der Waals surface area contributed by atoms with Crippen LogP contribution in [0.3, 0.4) is 0 Å². The van der Waals surface area contributed by atoms with E-state index in [4.69, 9.17) is 10.1 Å². The molecule has 212 valence electrons. The number of benzene rings is 4. The van der Waals surface area contributed by atoms with Crippen molar-refractivity contribution >= 4 is 39.7 Å². The van der Waals surface area contributed by atoms with Crippen LogP contribution in [0.5, 0.6) is 0 Å². The first-order valence-corrected chi connectivity index (χ1v) is 15.0. The molecule has 0 aliphatic carbocycles. The molecule has 6 nitrogen and oxygen atoms in total. The molecule has 1 aromatic heterocycles. The number of hydrogen-bond acceptors (Lipinski definition) is 6. The SMILES string of the molecule is CC(C)c1ccc(C2CC(c3ccc(F)cc3)=NN2c2nc(-c3cccc(N4C(=O)c5ccccc5C4=O)c3)cs2)cc1. The highest BCUT2D eigenvalue weighted by Gasteiger charge is 2.36. The molecule has 1 unspecified atom stereocenters. The summed E-state index contributed by atoms with van der Waals surface area (Å²) in [6.07, 6.45) is 0.650. The summed E-state index contributed by atoms with van der Waals surface area (Å²) >= 11 is 1.48. The first-order chi connectivity index (χ1) is 20.9. The van der Waals surface area contributed by atoms with Crippen LogP contribution in [0.4, 0.5) is 15.2 Å². The maximum Gasteiger partial charge on any atom is 0.266 e. The van der Waals surface area contributed by atoms with Gasteiger partial charge in [0.1, 0.15) is 5.82 Å². The van der Waals surface area contributed by atoms with E-state index in [1.807, 2.05) is 28.6 Å². The van der Waals surface area contributed by atoms with Crippen LogP contribution in [0.25, 0.3) is 11.3 Å². The third-order valence-corrected chi connectivity index (χ3v) is 8.79. The van der Waals surface area contributed by atoms with E-state index in [9.17, 15) is 14.0 Å². The second kappa shape index (κ2) is 10.7. The summed E-state index contributed by atoms with van der Waals surface area (Å²) in [6.45, 7) is 4.35. The summed E-state index contributed by atoms with van der Waals surface area (Å²) in [5.74, 6) is -0.518. The molecule has 0 saturated heterocycles. The number of thiazole rings is 1. The zero-order valence-corrected chi connectivity index (χ0v) is 24.4. The van der Waals surface area contributed by atoms with Crippen molar-refractivity contribution in [3.63, 3.8) is 0 Å². The number of carbonyl (C=O) groups excluding carboxylic acids is 2. The summed E-state index contributed by atoms with van der Waals surface area (Å²) in [6, 6.07) is 29.2. The van der Waals surface area contributed by atoms with Gasteiger partial charge in [0, 0.05) is 17.4 Å². The van der Waals surface area contributed by atoms with Crippen LogP contribution in [0.15, 0.2) is 108 Å². The Hall–Kier alpha value is -4.95. The van der Waals surface area contributed by atoms with Gasteiger partial charge in [-0.05, 0) is 59.0 Å². The fourth-order valence-corrected chi connectivity index (χ4v) is 6.43. The van der Waals surface area contributed by atoms with Crippen LogP contribution in [-0.2, 0) is 0 Å². The number of amides is 2. The minimum Gasteiger partial charge on any atom is -0.268 e. The molecule has 7 rings (SSSR count). The Balaban J connectivity index is 1.22. The molecule has 5 aromatic rings. The molecule has 43 heavy (non-hydrogen) atoms. The third kappa shape index (κ3) is 4.83. The number of hydrazone groups is 1. The minimum atomic E-state index is -0.331. The Kier molecular flexibility index (Phi) is 6.70. The van der Waals surface area contributed by atoms with Crippen LogP contribution in [0.2, 0.25) is 0 Å². The maximum atomic E-state index is 13.7. The standard InChI is InChI=1S/C35H27FN4O2S/c1-21(2)22-10-12-24(13-11-22)32-19-30(23-14-16-26(36)17-15-23)38-40(32)35-37-31(20-43-35)25-6-5-7-27(18-25)39-33(41)28-8-3-4-9-29(28)34(39)42/h3-18,20-21,32H,19H2,1-2H3. The molecular weight excluding hydrogens is 559 g/mol.